The largest absolute Gasteiger partial charge is 0.497 e. The summed E-state index contributed by atoms with van der Waals surface area (Å²) in [6.45, 7) is 2.75. The highest BCUT2D eigenvalue weighted by atomic mass is 16.5. The number of hydrogen-bond donors (Lipinski definition) is 2. The van der Waals surface area contributed by atoms with Crippen molar-refractivity contribution in [3.05, 3.63) is 30.0 Å². The molecule has 32 heavy (non-hydrogen) atoms. The molecule has 1 aromatic heterocycles. The summed E-state index contributed by atoms with van der Waals surface area (Å²) in [5, 5.41) is 20.0. The molecule has 1 fully saturated rings. The van der Waals surface area contributed by atoms with Gasteiger partial charge in [-0.25, -0.2) is 0 Å². The lowest BCUT2D eigenvalue weighted by atomic mass is 10.0. The molecule has 1 aliphatic heterocycles. The monoisotopic (exact) mass is 446 g/mol. The van der Waals surface area contributed by atoms with Crippen LogP contribution in [-0.2, 0) is 20.9 Å². The van der Waals surface area contributed by atoms with Crippen LogP contribution in [-0.4, -0.2) is 101 Å². The minimum absolute atomic E-state index is 0.0658. The molecule has 2 N–H and O–H groups in total. The topological polar surface area (TPSA) is 116 Å². The van der Waals surface area contributed by atoms with Crippen molar-refractivity contribution < 1.29 is 29.3 Å². The van der Waals surface area contributed by atoms with Gasteiger partial charge in [0.15, 0.2) is 0 Å². The number of methoxy groups -OCH3 is 1. The van der Waals surface area contributed by atoms with E-state index in [4.69, 9.17) is 4.74 Å². The van der Waals surface area contributed by atoms with E-state index in [9.17, 15) is 24.6 Å². The van der Waals surface area contributed by atoms with Gasteiger partial charge in [-0.3, -0.25) is 19.3 Å². The van der Waals surface area contributed by atoms with E-state index in [1.165, 1.54) is 7.11 Å². The molecule has 0 spiro atoms. The van der Waals surface area contributed by atoms with Crippen molar-refractivity contribution in [1.82, 2.24) is 19.3 Å². The molecule has 1 aliphatic rings. The number of rotatable bonds is 9. The summed E-state index contributed by atoms with van der Waals surface area (Å²) in [5.74, 6) is -1.35. The van der Waals surface area contributed by atoms with Gasteiger partial charge >= 0.3 is 11.9 Å². The first-order valence-corrected chi connectivity index (χ1v) is 10.5. The van der Waals surface area contributed by atoms with Crippen LogP contribution in [0.3, 0.4) is 0 Å². The van der Waals surface area contributed by atoms with Gasteiger partial charge in [0.05, 0.1) is 7.11 Å². The van der Waals surface area contributed by atoms with Gasteiger partial charge in [-0.1, -0.05) is 0 Å². The molecule has 3 rings (SSSR count). The van der Waals surface area contributed by atoms with Gasteiger partial charge < -0.3 is 29.3 Å². The number of carbonyl (C=O) groups excluding carboxylic acids is 1. The molecule has 0 aliphatic carbocycles. The summed E-state index contributed by atoms with van der Waals surface area (Å²) in [7, 11) is 4.99. The third-order valence-electron chi connectivity index (χ3n) is 5.87. The molecule has 1 aromatic carbocycles. The van der Waals surface area contributed by atoms with Gasteiger partial charge in [0, 0.05) is 75.9 Å². The average Bonchev–Trinajstić information content (AvgIpc) is 3.09. The summed E-state index contributed by atoms with van der Waals surface area (Å²) in [4.78, 5) is 41.1. The zero-order valence-electron chi connectivity index (χ0n) is 18.7. The number of carboxylic acid groups (broad SMARTS) is 2. The summed E-state index contributed by atoms with van der Waals surface area (Å²) in [5.41, 5.74) is 1.19. The van der Waals surface area contributed by atoms with Crippen LogP contribution in [0.4, 0.5) is 0 Å². The van der Waals surface area contributed by atoms with Gasteiger partial charge in [-0.2, -0.15) is 0 Å². The maximum atomic E-state index is 12.3. The molecule has 1 amide bonds. The van der Waals surface area contributed by atoms with E-state index in [0.29, 0.717) is 61.4 Å². The fourth-order valence-electron chi connectivity index (χ4n) is 4.13. The highest BCUT2D eigenvalue weighted by Crippen LogP contribution is 2.33. The molecule has 0 bridgehead atoms. The quantitative estimate of drug-likeness (QED) is 0.585. The van der Waals surface area contributed by atoms with Crippen molar-refractivity contribution in [2.45, 2.75) is 19.0 Å². The van der Waals surface area contributed by atoms with Crippen LogP contribution in [0.1, 0.15) is 18.0 Å². The second-order valence-electron chi connectivity index (χ2n) is 8.15. The third kappa shape index (κ3) is 5.20. The Bertz CT molecular complexity index is 994. The number of hydrogen-bond acceptors (Lipinski definition) is 6. The second kappa shape index (κ2) is 10.0. The number of carboxylic acids is 2. The van der Waals surface area contributed by atoms with Crippen molar-refractivity contribution in [3.63, 3.8) is 0 Å². The van der Waals surface area contributed by atoms with Crippen LogP contribution in [0.15, 0.2) is 24.4 Å². The first kappa shape index (κ1) is 23.6. The lowest BCUT2D eigenvalue weighted by molar-refractivity contribution is -0.144. The van der Waals surface area contributed by atoms with E-state index in [-0.39, 0.29) is 12.5 Å². The molecule has 2 aromatic rings. The summed E-state index contributed by atoms with van der Waals surface area (Å²) >= 11 is 0. The molecule has 0 saturated carbocycles. The average molecular weight is 447 g/mol. The number of aromatic nitrogens is 1. The van der Waals surface area contributed by atoms with E-state index in [1.807, 2.05) is 4.90 Å². The Kier molecular flexibility index (Phi) is 7.37. The van der Waals surface area contributed by atoms with Crippen molar-refractivity contribution in [2.24, 2.45) is 0 Å². The highest BCUT2D eigenvalue weighted by molar-refractivity contribution is 5.91. The fraction of sp³-hybridized carbons (Fsp3) is 0.500. The molecule has 1 atom stereocenters. The van der Waals surface area contributed by atoms with Gasteiger partial charge in [0.2, 0.25) is 5.91 Å². The second-order valence-corrected chi connectivity index (χ2v) is 8.15. The molecule has 2 heterocycles. The number of aliphatic carboxylic acids is 2. The lowest BCUT2D eigenvalue weighted by Crippen LogP contribution is -2.49. The Morgan fingerprint density at radius 1 is 1.12 bits per heavy atom. The molecule has 10 heteroatoms. The number of piperazine rings is 1. The summed E-state index contributed by atoms with van der Waals surface area (Å²) in [6.07, 6.45) is 2.05. The van der Waals surface area contributed by atoms with E-state index in [2.05, 4.69) is 4.90 Å². The molecule has 174 valence electrons. The van der Waals surface area contributed by atoms with E-state index in [1.54, 1.807) is 48.0 Å². The summed E-state index contributed by atoms with van der Waals surface area (Å²) < 4.78 is 6.87. The standard InChI is InChI=1S/C22H30N4O6/c1-23(2)19(27)6-7-24-8-10-25(11-9-24)21(22(30)31)17-13-26(14-20(28)29)18-5-4-15(32-3)12-16(17)18/h4-5,12-13,21H,6-11,14H2,1-3H3,(H,28,29)(H,30,31)/t21-/m0/s1. The van der Waals surface area contributed by atoms with Crippen LogP contribution >= 0.6 is 0 Å². The minimum Gasteiger partial charge on any atom is -0.497 e. The lowest BCUT2D eigenvalue weighted by Gasteiger charge is -2.37. The normalized spacial score (nSPS) is 16.1. The number of nitrogens with zero attached hydrogens (tertiary/aromatic N) is 4. The van der Waals surface area contributed by atoms with Crippen molar-refractivity contribution in [2.75, 3.05) is 53.9 Å². The Balaban J connectivity index is 1.84. The third-order valence-corrected chi connectivity index (χ3v) is 5.87. The van der Waals surface area contributed by atoms with Crippen LogP contribution in [0.5, 0.6) is 5.75 Å². The molecule has 1 saturated heterocycles. The van der Waals surface area contributed by atoms with Crippen LogP contribution < -0.4 is 4.74 Å². The fourth-order valence-corrected chi connectivity index (χ4v) is 4.13. The molecular formula is C22H30N4O6. The number of ether oxygens (including phenoxy) is 1. The van der Waals surface area contributed by atoms with E-state index in [0.717, 1.165) is 0 Å². The molecule has 0 unspecified atom stereocenters. The zero-order valence-corrected chi connectivity index (χ0v) is 18.7. The number of carbonyl (C=O) groups is 3. The van der Waals surface area contributed by atoms with Gasteiger partial charge in [0.1, 0.15) is 18.3 Å². The van der Waals surface area contributed by atoms with E-state index < -0.39 is 18.0 Å². The van der Waals surface area contributed by atoms with Crippen molar-refractivity contribution >= 4 is 28.7 Å². The highest BCUT2D eigenvalue weighted by Gasteiger charge is 2.33. The van der Waals surface area contributed by atoms with Crippen LogP contribution in [0, 0.1) is 0 Å². The van der Waals surface area contributed by atoms with E-state index >= 15 is 0 Å². The Morgan fingerprint density at radius 3 is 2.38 bits per heavy atom. The van der Waals surface area contributed by atoms with Crippen molar-refractivity contribution in [3.8, 4) is 5.75 Å². The van der Waals surface area contributed by atoms with Crippen LogP contribution in [0.25, 0.3) is 10.9 Å². The maximum absolute atomic E-state index is 12.3. The first-order valence-electron chi connectivity index (χ1n) is 10.5. The number of benzene rings is 1. The number of amides is 1. The zero-order chi connectivity index (χ0) is 23.4. The molecule has 0 radical (unpaired) electrons. The van der Waals surface area contributed by atoms with Crippen LogP contribution in [0.2, 0.25) is 0 Å². The Labute approximate surface area is 186 Å². The minimum atomic E-state index is -1.00. The smallest absolute Gasteiger partial charge is 0.325 e. The number of fused-ring (bicyclic) bond motifs is 1. The van der Waals surface area contributed by atoms with Gasteiger partial charge in [0.25, 0.3) is 0 Å². The predicted octanol–water partition coefficient (Wildman–Crippen LogP) is 0.956. The Hall–Kier alpha value is -3.11. The summed E-state index contributed by atoms with van der Waals surface area (Å²) in [6, 6.07) is 4.32. The Morgan fingerprint density at radius 2 is 1.81 bits per heavy atom. The predicted molar refractivity (Wildman–Crippen MR) is 118 cm³/mol. The SMILES string of the molecule is COc1ccc2c(c1)c([C@@H](C(=O)O)N1CCN(CCC(=O)N(C)C)CC1)cn2CC(=O)O. The first-order chi connectivity index (χ1) is 15.2. The maximum Gasteiger partial charge on any atom is 0.325 e. The van der Waals surface area contributed by atoms with Gasteiger partial charge in [-0.15, -0.1) is 0 Å². The van der Waals surface area contributed by atoms with Crippen molar-refractivity contribution in [1.29, 1.82) is 0 Å². The van der Waals surface area contributed by atoms with Gasteiger partial charge in [-0.05, 0) is 18.2 Å². The molecular weight excluding hydrogens is 416 g/mol. The molecule has 10 nitrogen and oxygen atoms in total.